The van der Waals surface area contributed by atoms with Crippen LogP contribution in [0.25, 0.3) is 5.65 Å². The number of aryl methyl sites for hydroxylation is 1. The van der Waals surface area contributed by atoms with Crippen molar-refractivity contribution in [2.75, 3.05) is 5.73 Å². The van der Waals surface area contributed by atoms with Crippen molar-refractivity contribution in [1.82, 2.24) is 9.38 Å². The average molecular weight is 203 g/mol. The highest BCUT2D eigenvalue weighted by Crippen LogP contribution is 2.25. The Labute approximate surface area is 89.9 Å². The summed E-state index contributed by atoms with van der Waals surface area (Å²) in [7, 11) is 0. The first-order chi connectivity index (χ1) is 7.13. The molecule has 15 heavy (non-hydrogen) atoms. The van der Waals surface area contributed by atoms with Crippen LogP contribution in [-0.2, 0) is 0 Å². The molecular weight excluding hydrogens is 186 g/mol. The van der Waals surface area contributed by atoms with Crippen molar-refractivity contribution in [2.24, 2.45) is 0 Å². The van der Waals surface area contributed by atoms with Crippen molar-refractivity contribution in [1.29, 1.82) is 0 Å². The van der Waals surface area contributed by atoms with Gasteiger partial charge in [-0.2, -0.15) is 0 Å². The maximum Gasteiger partial charge on any atom is 0.138 e. The zero-order valence-electron chi connectivity index (χ0n) is 9.49. The molecule has 2 N–H and O–H groups in total. The van der Waals surface area contributed by atoms with Crippen LogP contribution >= 0.6 is 0 Å². The van der Waals surface area contributed by atoms with E-state index >= 15 is 0 Å². The third-order valence-corrected chi connectivity index (χ3v) is 2.93. The summed E-state index contributed by atoms with van der Waals surface area (Å²) in [4.78, 5) is 4.58. The number of aromatic nitrogens is 2. The minimum Gasteiger partial charge on any atom is -0.383 e. The molecule has 0 aromatic carbocycles. The second-order valence-corrected chi connectivity index (χ2v) is 4.12. The molecule has 3 heteroatoms. The molecular formula is C12H17N3. The Morgan fingerprint density at radius 2 is 2.27 bits per heavy atom. The van der Waals surface area contributed by atoms with Gasteiger partial charge in [0.15, 0.2) is 0 Å². The number of pyridine rings is 1. The van der Waals surface area contributed by atoms with E-state index in [1.165, 1.54) is 5.56 Å². The number of fused-ring (bicyclic) bond motifs is 1. The first-order valence-corrected chi connectivity index (χ1v) is 5.37. The van der Waals surface area contributed by atoms with E-state index in [9.17, 15) is 0 Å². The molecule has 0 aliphatic carbocycles. The molecule has 0 amide bonds. The van der Waals surface area contributed by atoms with Crippen molar-refractivity contribution in [3.8, 4) is 0 Å². The predicted octanol–water partition coefficient (Wildman–Crippen LogP) is 2.74. The highest BCUT2D eigenvalue weighted by molar-refractivity contribution is 5.54. The third kappa shape index (κ3) is 1.58. The van der Waals surface area contributed by atoms with Gasteiger partial charge >= 0.3 is 0 Å². The van der Waals surface area contributed by atoms with Gasteiger partial charge in [-0.1, -0.05) is 13.8 Å². The first kappa shape index (κ1) is 10.0. The van der Waals surface area contributed by atoms with Gasteiger partial charge in [-0.05, 0) is 31.0 Å². The van der Waals surface area contributed by atoms with Crippen molar-refractivity contribution in [3.05, 3.63) is 29.6 Å². The van der Waals surface area contributed by atoms with Gasteiger partial charge in [0, 0.05) is 12.1 Å². The van der Waals surface area contributed by atoms with Gasteiger partial charge in [0.2, 0.25) is 0 Å². The van der Waals surface area contributed by atoms with Crippen LogP contribution in [0, 0.1) is 6.92 Å². The Hall–Kier alpha value is -1.51. The molecule has 2 rings (SSSR count). The van der Waals surface area contributed by atoms with Crippen LogP contribution in [0.1, 0.15) is 37.4 Å². The van der Waals surface area contributed by atoms with E-state index in [1.54, 1.807) is 0 Å². The Balaban J connectivity index is 2.63. The van der Waals surface area contributed by atoms with Gasteiger partial charge in [0.05, 0.1) is 5.69 Å². The summed E-state index contributed by atoms with van der Waals surface area (Å²) in [6.07, 6.45) is 3.05. The lowest BCUT2D eigenvalue weighted by Gasteiger charge is -2.04. The molecule has 3 nitrogen and oxygen atoms in total. The fraction of sp³-hybridized carbons (Fsp3) is 0.417. The van der Waals surface area contributed by atoms with Gasteiger partial charge in [-0.15, -0.1) is 0 Å². The number of imidazole rings is 1. The topological polar surface area (TPSA) is 43.3 Å². The molecule has 2 heterocycles. The smallest absolute Gasteiger partial charge is 0.138 e. The van der Waals surface area contributed by atoms with Crippen LogP contribution in [0.3, 0.4) is 0 Å². The quantitative estimate of drug-likeness (QED) is 0.815. The molecule has 80 valence electrons. The molecule has 0 spiro atoms. The summed E-state index contributed by atoms with van der Waals surface area (Å²) in [6, 6.07) is 4.10. The molecule has 0 radical (unpaired) electrons. The van der Waals surface area contributed by atoms with E-state index in [2.05, 4.69) is 31.8 Å². The number of nitrogens with zero attached hydrogens (tertiary/aromatic N) is 2. The fourth-order valence-electron chi connectivity index (χ4n) is 1.74. The number of nitrogen functional groups attached to an aromatic ring is 1. The first-order valence-electron chi connectivity index (χ1n) is 5.37. The Bertz CT molecular complexity index is 485. The number of anilines is 1. The molecule has 0 aliphatic rings. The SMILES string of the molecule is CCC(C)c1nc2cc(C)ccn2c1N. The van der Waals surface area contributed by atoms with Gasteiger partial charge in [0.1, 0.15) is 11.5 Å². The minimum atomic E-state index is 0.421. The lowest BCUT2D eigenvalue weighted by molar-refractivity contribution is 0.716. The van der Waals surface area contributed by atoms with Gasteiger partial charge in [-0.3, -0.25) is 4.40 Å². The lowest BCUT2D eigenvalue weighted by atomic mass is 10.1. The summed E-state index contributed by atoms with van der Waals surface area (Å²) < 4.78 is 1.95. The molecule has 1 atom stereocenters. The third-order valence-electron chi connectivity index (χ3n) is 2.93. The van der Waals surface area contributed by atoms with Crippen molar-refractivity contribution in [2.45, 2.75) is 33.1 Å². The van der Waals surface area contributed by atoms with E-state index in [-0.39, 0.29) is 0 Å². The highest BCUT2D eigenvalue weighted by atomic mass is 15.1. The molecule has 0 saturated heterocycles. The van der Waals surface area contributed by atoms with Crippen molar-refractivity contribution in [3.63, 3.8) is 0 Å². The van der Waals surface area contributed by atoms with Crippen molar-refractivity contribution < 1.29 is 0 Å². The van der Waals surface area contributed by atoms with E-state index in [0.29, 0.717) is 5.92 Å². The summed E-state index contributed by atoms with van der Waals surface area (Å²) in [6.45, 7) is 6.37. The average Bonchev–Trinajstić information content (AvgIpc) is 2.54. The monoisotopic (exact) mass is 203 g/mol. The predicted molar refractivity (Wildman–Crippen MR) is 63.0 cm³/mol. The number of nitrogens with two attached hydrogens (primary N) is 1. The van der Waals surface area contributed by atoms with Crippen LogP contribution in [0.5, 0.6) is 0 Å². The second kappa shape index (κ2) is 3.57. The van der Waals surface area contributed by atoms with Crippen LogP contribution < -0.4 is 5.73 Å². The molecule has 2 aromatic heterocycles. The Kier molecular flexibility index (Phi) is 2.39. The van der Waals surface area contributed by atoms with Gasteiger partial charge in [-0.25, -0.2) is 4.98 Å². The summed E-state index contributed by atoms with van der Waals surface area (Å²) in [5, 5.41) is 0. The summed E-state index contributed by atoms with van der Waals surface area (Å²) >= 11 is 0. The van der Waals surface area contributed by atoms with Gasteiger partial charge in [0.25, 0.3) is 0 Å². The Morgan fingerprint density at radius 1 is 1.53 bits per heavy atom. The Morgan fingerprint density at radius 3 is 2.93 bits per heavy atom. The molecule has 0 bridgehead atoms. The molecule has 1 unspecified atom stereocenters. The molecule has 0 fully saturated rings. The standard InChI is InChI=1S/C12H17N3/c1-4-9(3)11-12(13)15-6-5-8(2)7-10(15)14-11/h5-7,9H,4,13H2,1-3H3. The normalized spacial score (nSPS) is 13.3. The van der Waals surface area contributed by atoms with Crippen molar-refractivity contribution >= 4 is 11.5 Å². The summed E-state index contributed by atoms with van der Waals surface area (Å²) in [5.74, 6) is 1.20. The molecule has 2 aromatic rings. The minimum absolute atomic E-state index is 0.421. The van der Waals surface area contributed by atoms with E-state index in [0.717, 1.165) is 23.6 Å². The summed E-state index contributed by atoms with van der Waals surface area (Å²) in [5.41, 5.74) is 9.24. The highest BCUT2D eigenvalue weighted by Gasteiger charge is 2.13. The van der Waals surface area contributed by atoms with Crippen LogP contribution in [0.15, 0.2) is 18.3 Å². The van der Waals surface area contributed by atoms with Gasteiger partial charge < -0.3 is 5.73 Å². The fourth-order valence-corrected chi connectivity index (χ4v) is 1.74. The molecule has 0 aliphatic heterocycles. The maximum atomic E-state index is 6.07. The second-order valence-electron chi connectivity index (χ2n) is 4.12. The largest absolute Gasteiger partial charge is 0.383 e. The van der Waals surface area contributed by atoms with E-state index in [1.807, 2.05) is 16.7 Å². The zero-order chi connectivity index (χ0) is 11.0. The number of rotatable bonds is 2. The van der Waals surface area contributed by atoms with Crippen LogP contribution in [0.4, 0.5) is 5.82 Å². The number of hydrogen-bond donors (Lipinski definition) is 1. The number of hydrogen-bond acceptors (Lipinski definition) is 2. The zero-order valence-corrected chi connectivity index (χ0v) is 9.49. The molecule has 0 saturated carbocycles. The van der Waals surface area contributed by atoms with Crippen LogP contribution in [-0.4, -0.2) is 9.38 Å². The van der Waals surface area contributed by atoms with E-state index < -0.39 is 0 Å². The van der Waals surface area contributed by atoms with E-state index in [4.69, 9.17) is 5.73 Å². The maximum absolute atomic E-state index is 6.07. The van der Waals surface area contributed by atoms with Crippen LogP contribution in [0.2, 0.25) is 0 Å². The lowest BCUT2D eigenvalue weighted by Crippen LogP contribution is -1.99.